The number of sulfone groups is 1. The van der Waals surface area contributed by atoms with Crippen molar-refractivity contribution in [2.24, 2.45) is 5.92 Å². The lowest BCUT2D eigenvalue weighted by molar-refractivity contribution is -0.171. The summed E-state index contributed by atoms with van der Waals surface area (Å²) in [6.07, 6.45) is 3.55. The number of rotatable bonds is 6. The van der Waals surface area contributed by atoms with E-state index in [0.29, 0.717) is 31.1 Å². The Labute approximate surface area is 153 Å². The van der Waals surface area contributed by atoms with Gasteiger partial charge in [0.15, 0.2) is 9.84 Å². The summed E-state index contributed by atoms with van der Waals surface area (Å²) in [5.74, 6) is -0.266. The first-order valence-electron chi connectivity index (χ1n) is 8.13. The van der Waals surface area contributed by atoms with Gasteiger partial charge in [-0.05, 0) is 42.9 Å². The molecular formula is C17H24ClNO5S. The Morgan fingerprint density at radius 2 is 2.04 bits per heavy atom. The summed E-state index contributed by atoms with van der Waals surface area (Å²) in [7, 11) is -0.418. The summed E-state index contributed by atoms with van der Waals surface area (Å²) >= 11 is 6.16. The Morgan fingerprint density at radius 3 is 2.56 bits per heavy atom. The average Bonchev–Trinajstić information content (AvgIpc) is 2.58. The molecular weight excluding hydrogens is 366 g/mol. The van der Waals surface area contributed by atoms with Gasteiger partial charge >= 0.3 is 0 Å². The van der Waals surface area contributed by atoms with Gasteiger partial charge in [-0.15, -0.1) is 0 Å². The molecule has 1 aromatic rings. The van der Waals surface area contributed by atoms with Crippen LogP contribution in [-0.2, 0) is 24.2 Å². The van der Waals surface area contributed by atoms with Crippen LogP contribution in [0.3, 0.4) is 0 Å². The molecule has 0 radical (unpaired) electrons. The minimum atomic E-state index is -3.41. The van der Waals surface area contributed by atoms with Crippen molar-refractivity contribution in [1.29, 1.82) is 0 Å². The molecule has 0 spiro atoms. The van der Waals surface area contributed by atoms with Gasteiger partial charge in [0.05, 0.1) is 22.9 Å². The zero-order valence-corrected chi connectivity index (χ0v) is 16.3. The highest BCUT2D eigenvalue weighted by molar-refractivity contribution is 7.90. The first-order valence-corrected chi connectivity index (χ1v) is 10.4. The molecule has 1 amide bonds. The molecule has 6 nitrogen and oxygen atoms in total. The molecule has 140 valence electrons. The molecule has 2 rings (SSSR count). The second kappa shape index (κ2) is 8.49. The van der Waals surface area contributed by atoms with E-state index in [2.05, 4.69) is 0 Å². The zero-order valence-electron chi connectivity index (χ0n) is 14.7. The number of hydrogen-bond acceptors (Lipinski definition) is 5. The number of hydrogen-bond donors (Lipinski definition) is 0. The Kier molecular flexibility index (Phi) is 6.85. The van der Waals surface area contributed by atoms with Crippen LogP contribution in [0, 0.1) is 5.92 Å². The molecule has 1 aliphatic heterocycles. The maximum Gasteiger partial charge on any atom is 0.253 e. The van der Waals surface area contributed by atoms with Gasteiger partial charge in [-0.3, -0.25) is 9.63 Å². The van der Waals surface area contributed by atoms with E-state index < -0.39 is 15.8 Å². The van der Waals surface area contributed by atoms with E-state index in [0.717, 1.165) is 19.1 Å². The lowest BCUT2D eigenvalue weighted by Gasteiger charge is -2.28. The average molecular weight is 390 g/mol. The van der Waals surface area contributed by atoms with E-state index in [1.54, 1.807) is 19.2 Å². The summed E-state index contributed by atoms with van der Waals surface area (Å²) < 4.78 is 28.9. The third-order valence-electron chi connectivity index (χ3n) is 4.55. The molecule has 8 heteroatoms. The first kappa shape index (κ1) is 20.2. The fourth-order valence-electron chi connectivity index (χ4n) is 3.04. The number of likely N-dealkylation sites (N-methyl/N-ethyl adjacent to an activating group) is 1. The van der Waals surface area contributed by atoms with Crippen molar-refractivity contribution in [2.45, 2.75) is 30.1 Å². The summed E-state index contributed by atoms with van der Waals surface area (Å²) in [6.45, 7) is 1.39. The first-order chi connectivity index (χ1) is 11.7. The van der Waals surface area contributed by atoms with Crippen LogP contribution in [0.15, 0.2) is 23.1 Å². The van der Waals surface area contributed by atoms with E-state index >= 15 is 0 Å². The second-order valence-corrected chi connectivity index (χ2v) is 8.72. The number of hydroxylamine groups is 2. The van der Waals surface area contributed by atoms with Gasteiger partial charge < -0.3 is 4.74 Å². The van der Waals surface area contributed by atoms with Crippen LogP contribution >= 0.6 is 11.6 Å². The third-order valence-corrected chi connectivity index (χ3v) is 6.13. The summed E-state index contributed by atoms with van der Waals surface area (Å²) in [5, 5.41) is 1.33. The van der Waals surface area contributed by atoms with Crippen molar-refractivity contribution in [2.75, 3.05) is 33.6 Å². The van der Waals surface area contributed by atoms with Crippen LogP contribution in [0.2, 0.25) is 5.02 Å². The lowest BCUT2D eigenvalue weighted by Crippen LogP contribution is -2.32. The molecule has 0 N–H and O–H groups in total. The van der Waals surface area contributed by atoms with Gasteiger partial charge in [-0.1, -0.05) is 17.7 Å². The Balaban J connectivity index is 2.33. The van der Waals surface area contributed by atoms with Crippen LogP contribution in [0.5, 0.6) is 0 Å². The SMILES string of the molecule is CON(C)C(=O)C(CC1CCOCC1)c1ccc(S(C)(=O)=O)c(Cl)c1. The molecule has 1 unspecified atom stereocenters. The number of carbonyl (C=O) groups is 1. The molecule has 1 aromatic carbocycles. The van der Waals surface area contributed by atoms with Gasteiger partial charge in [0.25, 0.3) is 5.91 Å². The van der Waals surface area contributed by atoms with Crippen molar-refractivity contribution in [1.82, 2.24) is 5.06 Å². The molecule has 1 fully saturated rings. The minimum Gasteiger partial charge on any atom is -0.381 e. The van der Waals surface area contributed by atoms with E-state index in [1.165, 1.54) is 18.2 Å². The van der Waals surface area contributed by atoms with Crippen LogP contribution in [-0.4, -0.2) is 53.0 Å². The molecule has 1 aliphatic rings. The van der Waals surface area contributed by atoms with Gasteiger partial charge in [-0.25, -0.2) is 13.5 Å². The van der Waals surface area contributed by atoms with Crippen molar-refractivity contribution in [3.63, 3.8) is 0 Å². The molecule has 1 atom stereocenters. The van der Waals surface area contributed by atoms with Crippen LogP contribution in [0.4, 0.5) is 0 Å². The fraction of sp³-hybridized carbons (Fsp3) is 0.588. The molecule has 25 heavy (non-hydrogen) atoms. The van der Waals surface area contributed by atoms with Gasteiger partial charge in [0.2, 0.25) is 0 Å². The molecule has 0 aromatic heterocycles. The third kappa shape index (κ3) is 5.17. The topological polar surface area (TPSA) is 72.9 Å². The van der Waals surface area contributed by atoms with Crippen LogP contribution in [0.25, 0.3) is 0 Å². The summed E-state index contributed by atoms with van der Waals surface area (Å²) in [6, 6.07) is 4.70. The number of carbonyl (C=O) groups excluding carboxylic acids is 1. The second-order valence-electron chi connectivity index (χ2n) is 6.32. The van der Waals surface area contributed by atoms with Crippen molar-refractivity contribution in [3.8, 4) is 0 Å². The monoisotopic (exact) mass is 389 g/mol. The van der Waals surface area contributed by atoms with Gasteiger partial charge in [0.1, 0.15) is 0 Å². The maximum absolute atomic E-state index is 12.7. The standard InChI is InChI=1S/C17H24ClNO5S/c1-19(23-2)17(20)14(10-12-6-8-24-9-7-12)13-4-5-16(15(18)11-13)25(3,21)22/h4-5,11-12,14H,6-10H2,1-3H3. The minimum absolute atomic E-state index is 0.0651. The number of amides is 1. The molecule has 0 saturated carbocycles. The summed E-state index contributed by atoms with van der Waals surface area (Å²) in [4.78, 5) is 17.9. The van der Waals surface area contributed by atoms with Crippen molar-refractivity contribution < 1.29 is 22.8 Å². The Hall–Kier alpha value is -1.15. The number of benzene rings is 1. The van der Waals surface area contributed by atoms with Crippen LogP contribution in [0.1, 0.15) is 30.7 Å². The molecule has 1 heterocycles. The van der Waals surface area contributed by atoms with E-state index in [1.807, 2.05) is 0 Å². The van der Waals surface area contributed by atoms with E-state index in [4.69, 9.17) is 21.2 Å². The molecule has 1 saturated heterocycles. The smallest absolute Gasteiger partial charge is 0.253 e. The van der Waals surface area contributed by atoms with Crippen molar-refractivity contribution >= 4 is 27.3 Å². The fourth-order valence-corrected chi connectivity index (χ4v) is 4.38. The number of halogens is 1. The lowest BCUT2D eigenvalue weighted by atomic mass is 9.84. The highest BCUT2D eigenvalue weighted by Crippen LogP contribution is 2.33. The zero-order chi connectivity index (χ0) is 18.6. The highest BCUT2D eigenvalue weighted by Gasteiger charge is 2.29. The quantitative estimate of drug-likeness (QED) is 0.699. The van der Waals surface area contributed by atoms with Crippen LogP contribution < -0.4 is 0 Å². The summed E-state index contributed by atoms with van der Waals surface area (Å²) in [5.41, 5.74) is 0.692. The maximum atomic E-state index is 12.7. The number of ether oxygens (including phenoxy) is 1. The van der Waals surface area contributed by atoms with Gasteiger partial charge in [-0.2, -0.15) is 0 Å². The molecule has 0 aliphatic carbocycles. The largest absolute Gasteiger partial charge is 0.381 e. The normalized spacial score (nSPS) is 17.3. The number of nitrogens with zero attached hydrogens (tertiary/aromatic N) is 1. The van der Waals surface area contributed by atoms with Gasteiger partial charge in [0, 0.05) is 26.5 Å². The van der Waals surface area contributed by atoms with Crippen molar-refractivity contribution in [3.05, 3.63) is 28.8 Å². The molecule has 0 bridgehead atoms. The highest BCUT2D eigenvalue weighted by atomic mass is 35.5. The Bertz CT molecular complexity index is 716. The predicted molar refractivity (Wildman–Crippen MR) is 95.2 cm³/mol. The van der Waals surface area contributed by atoms with E-state index in [9.17, 15) is 13.2 Å². The Morgan fingerprint density at radius 1 is 1.40 bits per heavy atom. The predicted octanol–water partition coefficient (Wildman–Crippen LogP) is 2.66. The van der Waals surface area contributed by atoms with E-state index in [-0.39, 0.29) is 15.8 Å².